The summed E-state index contributed by atoms with van der Waals surface area (Å²) in [7, 11) is 0. The van der Waals surface area contributed by atoms with Gasteiger partial charge in [-0.15, -0.1) is 0 Å². The number of rotatable bonds is 4. The standard InChI is InChI=1S/C17H16F2N2/c18-13-5-6-17-14(8-13)15(10-21-17)12(9-20)7-11-3-1-2-4-16(11)19/h1-6,8,10,12,21H,7,9,20H2. The third-order valence-electron chi connectivity index (χ3n) is 3.82. The van der Waals surface area contributed by atoms with E-state index in [0.717, 1.165) is 16.5 Å². The van der Waals surface area contributed by atoms with Crippen LogP contribution in [0, 0.1) is 11.6 Å². The van der Waals surface area contributed by atoms with Gasteiger partial charge in [-0.05, 0) is 48.4 Å². The molecule has 0 radical (unpaired) electrons. The molecule has 0 aliphatic carbocycles. The SMILES string of the molecule is NCC(Cc1ccccc1F)c1c[nH]c2ccc(F)cc12. The Hall–Kier alpha value is -2.20. The van der Waals surface area contributed by atoms with Crippen molar-refractivity contribution in [3.63, 3.8) is 0 Å². The van der Waals surface area contributed by atoms with E-state index >= 15 is 0 Å². The summed E-state index contributed by atoms with van der Waals surface area (Å²) in [6.07, 6.45) is 2.33. The van der Waals surface area contributed by atoms with E-state index in [9.17, 15) is 8.78 Å². The molecule has 2 nitrogen and oxygen atoms in total. The van der Waals surface area contributed by atoms with Crippen LogP contribution in [0.1, 0.15) is 17.0 Å². The lowest BCUT2D eigenvalue weighted by molar-refractivity contribution is 0.591. The number of halogens is 2. The predicted octanol–water partition coefficient (Wildman–Crippen LogP) is 3.73. The summed E-state index contributed by atoms with van der Waals surface area (Å²) >= 11 is 0. The first-order valence-corrected chi connectivity index (χ1v) is 6.89. The molecule has 2 aromatic carbocycles. The lowest BCUT2D eigenvalue weighted by Crippen LogP contribution is -2.15. The van der Waals surface area contributed by atoms with E-state index in [4.69, 9.17) is 5.73 Å². The van der Waals surface area contributed by atoms with E-state index in [2.05, 4.69) is 4.98 Å². The zero-order chi connectivity index (χ0) is 14.8. The highest BCUT2D eigenvalue weighted by atomic mass is 19.1. The Balaban J connectivity index is 1.99. The van der Waals surface area contributed by atoms with Crippen molar-refractivity contribution in [1.29, 1.82) is 0 Å². The summed E-state index contributed by atoms with van der Waals surface area (Å²) in [6.45, 7) is 0.373. The van der Waals surface area contributed by atoms with Crippen molar-refractivity contribution >= 4 is 10.9 Å². The van der Waals surface area contributed by atoms with Crippen molar-refractivity contribution in [1.82, 2.24) is 4.98 Å². The fourth-order valence-corrected chi connectivity index (χ4v) is 2.70. The topological polar surface area (TPSA) is 41.8 Å². The maximum Gasteiger partial charge on any atom is 0.126 e. The van der Waals surface area contributed by atoms with Gasteiger partial charge in [0.05, 0.1) is 0 Å². The van der Waals surface area contributed by atoms with Crippen LogP contribution in [0.15, 0.2) is 48.7 Å². The van der Waals surface area contributed by atoms with Crippen molar-refractivity contribution in [2.75, 3.05) is 6.54 Å². The molecule has 3 N–H and O–H groups in total. The number of nitrogens with two attached hydrogens (primary N) is 1. The van der Waals surface area contributed by atoms with Gasteiger partial charge in [0.15, 0.2) is 0 Å². The van der Waals surface area contributed by atoms with Crippen molar-refractivity contribution < 1.29 is 8.78 Å². The zero-order valence-electron chi connectivity index (χ0n) is 11.4. The molecule has 1 aromatic heterocycles. The van der Waals surface area contributed by atoms with Crippen LogP contribution >= 0.6 is 0 Å². The van der Waals surface area contributed by atoms with Crippen LogP contribution < -0.4 is 5.73 Å². The molecule has 0 aliphatic heterocycles. The van der Waals surface area contributed by atoms with Crippen molar-refractivity contribution in [3.8, 4) is 0 Å². The number of fused-ring (bicyclic) bond motifs is 1. The van der Waals surface area contributed by atoms with Gasteiger partial charge in [-0.2, -0.15) is 0 Å². The quantitative estimate of drug-likeness (QED) is 0.754. The molecule has 0 bridgehead atoms. The normalized spacial score (nSPS) is 12.7. The number of H-pyrrole nitrogens is 1. The van der Waals surface area contributed by atoms with Crippen LogP contribution in [0.25, 0.3) is 10.9 Å². The van der Waals surface area contributed by atoms with E-state index in [1.165, 1.54) is 18.2 Å². The lowest BCUT2D eigenvalue weighted by atomic mass is 9.91. The summed E-state index contributed by atoms with van der Waals surface area (Å²) in [6, 6.07) is 11.3. The van der Waals surface area contributed by atoms with Crippen LogP contribution in [-0.4, -0.2) is 11.5 Å². The summed E-state index contributed by atoms with van der Waals surface area (Å²) in [4.78, 5) is 3.11. The minimum atomic E-state index is -0.287. The summed E-state index contributed by atoms with van der Waals surface area (Å²) in [5, 5.41) is 0.807. The molecule has 108 valence electrons. The van der Waals surface area contributed by atoms with Gasteiger partial charge in [0.1, 0.15) is 11.6 Å². The van der Waals surface area contributed by atoms with Crippen molar-refractivity contribution in [2.24, 2.45) is 5.73 Å². The Morgan fingerprint density at radius 1 is 1.10 bits per heavy atom. The van der Waals surface area contributed by atoms with E-state index in [1.54, 1.807) is 24.3 Å². The Bertz CT molecular complexity index is 764. The largest absolute Gasteiger partial charge is 0.361 e. The molecule has 1 heterocycles. The molecule has 3 aromatic rings. The first-order valence-electron chi connectivity index (χ1n) is 6.89. The average Bonchev–Trinajstić information content (AvgIpc) is 2.89. The minimum Gasteiger partial charge on any atom is -0.361 e. The van der Waals surface area contributed by atoms with Crippen molar-refractivity contribution in [3.05, 3.63) is 71.4 Å². The van der Waals surface area contributed by atoms with Gasteiger partial charge >= 0.3 is 0 Å². The second-order valence-electron chi connectivity index (χ2n) is 5.16. The van der Waals surface area contributed by atoms with Crippen LogP contribution in [0.2, 0.25) is 0 Å². The lowest BCUT2D eigenvalue weighted by Gasteiger charge is -2.15. The molecule has 21 heavy (non-hydrogen) atoms. The van der Waals surface area contributed by atoms with Crippen LogP contribution in [0.5, 0.6) is 0 Å². The molecule has 1 atom stereocenters. The smallest absolute Gasteiger partial charge is 0.126 e. The van der Waals surface area contributed by atoms with Crippen LogP contribution in [0.3, 0.4) is 0 Å². The fraction of sp³-hybridized carbons (Fsp3) is 0.176. The Labute approximate surface area is 121 Å². The van der Waals surface area contributed by atoms with Gasteiger partial charge in [-0.25, -0.2) is 8.78 Å². The predicted molar refractivity (Wildman–Crippen MR) is 80.2 cm³/mol. The van der Waals surface area contributed by atoms with Gasteiger partial charge in [0.25, 0.3) is 0 Å². The molecule has 4 heteroatoms. The molecule has 0 fully saturated rings. The number of hydrogen-bond donors (Lipinski definition) is 2. The van der Waals surface area contributed by atoms with E-state index < -0.39 is 0 Å². The van der Waals surface area contributed by atoms with Crippen LogP contribution in [-0.2, 0) is 6.42 Å². The second-order valence-corrected chi connectivity index (χ2v) is 5.16. The molecular weight excluding hydrogens is 270 g/mol. The molecule has 0 saturated heterocycles. The molecule has 0 aliphatic rings. The molecule has 1 unspecified atom stereocenters. The van der Waals surface area contributed by atoms with Crippen molar-refractivity contribution in [2.45, 2.75) is 12.3 Å². The molecule has 0 amide bonds. The first kappa shape index (κ1) is 13.8. The summed E-state index contributed by atoms with van der Waals surface area (Å²) in [5.74, 6) is -0.579. The number of benzene rings is 2. The van der Waals surface area contributed by atoms with Gasteiger partial charge < -0.3 is 10.7 Å². The fourth-order valence-electron chi connectivity index (χ4n) is 2.70. The minimum absolute atomic E-state index is 0.0579. The zero-order valence-corrected chi connectivity index (χ0v) is 11.4. The van der Waals surface area contributed by atoms with Crippen LogP contribution in [0.4, 0.5) is 8.78 Å². The third kappa shape index (κ3) is 2.67. The molecular formula is C17H16F2N2. The van der Waals surface area contributed by atoms with Gasteiger partial charge in [-0.3, -0.25) is 0 Å². The summed E-state index contributed by atoms with van der Waals surface area (Å²) < 4.78 is 27.2. The number of aromatic nitrogens is 1. The number of hydrogen-bond acceptors (Lipinski definition) is 1. The third-order valence-corrected chi connectivity index (χ3v) is 3.82. The first-order chi connectivity index (χ1) is 10.2. The highest BCUT2D eigenvalue weighted by molar-refractivity contribution is 5.83. The highest BCUT2D eigenvalue weighted by Gasteiger charge is 2.17. The average molecular weight is 286 g/mol. The maximum atomic E-state index is 13.8. The monoisotopic (exact) mass is 286 g/mol. The van der Waals surface area contributed by atoms with E-state index in [0.29, 0.717) is 18.5 Å². The Morgan fingerprint density at radius 2 is 1.90 bits per heavy atom. The molecule has 0 saturated carbocycles. The van der Waals surface area contributed by atoms with E-state index in [1.807, 2.05) is 6.20 Å². The van der Waals surface area contributed by atoms with Gasteiger partial charge in [0, 0.05) is 23.0 Å². The molecule has 0 spiro atoms. The number of nitrogens with one attached hydrogen (secondary N) is 1. The summed E-state index contributed by atoms with van der Waals surface area (Å²) in [5.41, 5.74) is 8.27. The van der Waals surface area contributed by atoms with Gasteiger partial charge in [0.2, 0.25) is 0 Å². The van der Waals surface area contributed by atoms with Gasteiger partial charge in [-0.1, -0.05) is 18.2 Å². The highest BCUT2D eigenvalue weighted by Crippen LogP contribution is 2.29. The van der Waals surface area contributed by atoms with E-state index in [-0.39, 0.29) is 17.6 Å². The second kappa shape index (κ2) is 5.66. The number of aromatic amines is 1. The Morgan fingerprint density at radius 3 is 2.67 bits per heavy atom. The Kier molecular flexibility index (Phi) is 3.71. The maximum absolute atomic E-state index is 13.8. The molecule has 3 rings (SSSR count).